The van der Waals surface area contributed by atoms with E-state index in [1.165, 1.54) is 5.69 Å². The van der Waals surface area contributed by atoms with Crippen molar-refractivity contribution in [2.75, 3.05) is 31.6 Å². The van der Waals surface area contributed by atoms with E-state index < -0.39 is 5.60 Å². The highest BCUT2D eigenvalue weighted by Crippen LogP contribution is 2.49. The first-order valence-electron chi connectivity index (χ1n) is 12.7. The summed E-state index contributed by atoms with van der Waals surface area (Å²) in [6.45, 7) is 6.82. The van der Waals surface area contributed by atoms with Crippen LogP contribution in [0.4, 0.5) is 5.69 Å². The van der Waals surface area contributed by atoms with Gasteiger partial charge < -0.3 is 19.6 Å². The number of likely N-dealkylation sites (tertiary alicyclic amines) is 1. The quantitative estimate of drug-likeness (QED) is 0.556. The maximum Gasteiger partial charge on any atom is 0.247 e. The molecule has 0 spiro atoms. The van der Waals surface area contributed by atoms with Crippen molar-refractivity contribution >= 4 is 17.7 Å². The highest BCUT2D eigenvalue weighted by molar-refractivity contribution is 5.92. The summed E-state index contributed by atoms with van der Waals surface area (Å²) >= 11 is 0. The number of anilines is 1. The van der Waals surface area contributed by atoms with Gasteiger partial charge in [0.15, 0.2) is 0 Å². The second kappa shape index (κ2) is 10.6. The number of hydrogen-bond acceptors (Lipinski definition) is 4. The van der Waals surface area contributed by atoms with E-state index in [0.717, 1.165) is 55.6 Å². The van der Waals surface area contributed by atoms with Crippen molar-refractivity contribution in [2.45, 2.75) is 57.6 Å². The lowest BCUT2D eigenvalue weighted by atomic mass is 9.66. The number of amides is 1. The molecule has 0 radical (unpaired) electrons. The molecule has 1 heterocycles. The van der Waals surface area contributed by atoms with E-state index in [4.69, 9.17) is 4.74 Å². The van der Waals surface area contributed by atoms with Crippen molar-refractivity contribution in [3.8, 4) is 5.75 Å². The molecule has 34 heavy (non-hydrogen) atoms. The first-order chi connectivity index (χ1) is 16.5. The molecule has 0 aromatic heterocycles. The fourth-order valence-corrected chi connectivity index (χ4v) is 5.79. The lowest BCUT2D eigenvalue weighted by Crippen LogP contribution is -2.56. The minimum atomic E-state index is -0.684. The van der Waals surface area contributed by atoms with Crippen LogP contribution in [0.2, 0.25) is 0 Å². The maximum absolute atomic E-state index is 13.4. The van der Waals surface area contributed by atoms with Crippen LogP contribution in [0.5, 0.6) is 5.75 Å². The van der Waals surface area contributed by atoms with Gasteiger partial charge in [0, 0.05) is 37.3 Å². The van der Waals surface area contributed by atoms with Crippen molar-refractivity contribution in [2.24, 2.45) is 5.92 Å². The molecule has 1 saturated carbocycles. The summed E-state index contributed by atoms with van der Waals surface area (Å²) in [5, 5.41) is 11.5. The van der Waals surface area contributed by atoms with Gasteiger partial charge in [-0.1, -0.05) is 37.1 Å². The van der Waals surface area contributed by atoms with Gasteiger partial charge >= 0.3 is 0 Å². The number of nitrogens with zero attached hydrogens (tertiary/aromatic N) is 2. The number of rotatable bonds is 7. The minimum Gasteiger partial charge on any atom is -0.497 e. The van der Waals surface area contributed by atoms with E-state index in [1.54, 1.807) is 13.2 Å². The number of carbonyl (C=O) groups is 1. The third-order valence-corrected chi connectivity index (χ3v) is 7.75. The number of hydrogen-bond donors (Lipinski definition) is 1. The molecule has 1 amide bonds. The Morgan fingerprint density at radius 2 is 1.79 bits per heavy atom. The Balaban J connectivity index is 1.62. The predicted molar refractivity (Wildman–Crippen MR) is 138 cm³/mol. The molecule has 0 unspecified atom stereocenters. The SMILES string of the molecule is CCN(CC)c1ccc([C@@H]2[C@@H]3CCCC[C@]3(O)CCN2C(=O)/C=C/c2ccc(OC)cc2)cc1. The number of fused-ring (bicyclic) bond motifs is 1. The Kier molecular flexibility index (Phi) is 7.62. The van der Waals surface area contributed by atoms with Crippen molar-refractivity contribution in [1.29, 1.82) is 0 Å². The van der Waals surface area contributed by atoms with E-state index in [0.29, 0.717) is 13.0 Å². The number of methoxy groups -OCH3 is 1. The highest BCUT2D eigenvalue weighted by Gasteiger charge is 2.49. The van der Waals surface area contributed by atoms with E-state index in [-0.39, 0.29) is 17.9 Å². The van der Waals surface area contributed by atoms with Gasteiger partial charge in [0.2, 0.25) is 5.91 Å². The lowest BCUT2D eigenvalue weighted by molar-refractivity contribution is -0.150. The molecule has 3 atom stereocenters. The fourth-order valence-electron chi connectivity index (χ4n) is 5.79. The van der Waals surface area contributed by atoms with E-state index in [9.17, 15) is 9.90 Å². The van der Waals surface area contributed by atoms with Gasteiger partial charge in [0.1, 0.15) is 5.75 Å². The largest absolute Gasteiger partial charge is 0.497 e. The number of piperidine rings is 1. The van der Waals surface area contributed by atoms with Crippen LogP contribution in [-0.4, -0.2) is 48.3 Å². The zero-order valence-electron chi connectivity index (χ0n) is 20.7. The van der Waals surface area contributed by atoms with Crippen LogP contribution < -0.4 is 9.64 Å². The normalized spacial score (nSPS) is 24.6. The van der Waals surface area contributed by atoms with Crippen molar-refractivity contribution in [3.63, 3.8) is 0 Å². The number of ether oxygens (including phenoxy) is 1. The second-order valence-corrected chi connectivity index (χ2v) is 9.55. The Labute approximate surface area is 204 Å². The van der Waals surface area contributed by atoms with Gasteiger partial charge in [-0.15, -0.1) is 0 Å². The fraction of sp³-hybridized carbons (Fsp3) is 0.483. The van der Waals surface area contributed by atoms with Gasteiger partial charge in [0.25, 0.3) is 0 Å². The van der Waals surface area contributed by atoms with Crippen LogP contribution in [0.15, 0.2) is 54.6 Å². The van der Waals surface area contributed by atoms with Crippen molar-refractivity contribution in [3.05, 3.63) is 65.7 Å². The molecule has 1 saturated heterocycles. The maximum atomic E-state index is 13.4. The van der Waals surface area contributed by atoms with Gasteiger partial charge in [-0.2, -0.15) is 0 Å². The molecular weight excluding hydrogens is 424 g/mol. The van der Waals surface area contributed by atoms with Gasteiger partial charge in [-0.05, 0) is 74.6 Å². The Bertz CT molecular complexity index is 981. The standard InChI is InChI=1S/C29H38N2O3/c1-4-30(5-2)24-14-12-23(13-15-24)28-26-8-6-7-19-29(26,33)20-21-31(28)27(32)18-11-22-9-16-25(34-3)17-10-22/h9-18,26,28,33H,4-8,19-21H2,1-3H3/b18-11+/t26-,28+,29-/m0/s1. The zero-order chi connectivity index (χ0) is 24.1. The molecule has 2 aromatic rings. The van der Waals surface area contributed by atoms with E-state index in [1.807, 2.05) is 35.2 Å². The van der Waals surface area contributed by atoms with Crippen LogP contribution in [0.3, 0.4) is 0 Å². The predicted octanol–water partition coefficient (Wildman–Crippen LogP) is 5.45. The Morgan fingerprint density at radius 1 is 1.09 bits per heavy atom. The third-order valence-electron chi connectivity index (χ3n) is 7.75. The zero-order valence-corrected chi connectivity index (χ0v) is 20.7. The minimum absolute atomic E-state index is 0.00117. The van der Waals surface area contributed by atoms with Gasteiger partial charge in [-0.3, -0.25) is 4.79 Å². The summed E-state index contributed by atoms with van der Waals surface area (Å²) in [6, 6.07) is 16.2. The first-order valence-corrected chi connectivity index (χ1v) is 12.7. The number of benzene rings is 2. The summed E-state index contributed by atoms with van der Waals surface area (Å²) in [6.07, 6.45) is 8.13. The summed E-state index contributed by atoms with van der Waals surface area (Å²) < 4.78 is 5.22. The molecule has 5 nitrogen and oxygen atoms in total. The van der Waals surface area contributed by atoms with E-state index in [2.05, 4.69) is 43.0 Å². The van der Waals surface area contributed by atoms with Crippen LogP contribution in [0.25, 0.3) is 6.08 Å². The van der Waals surface area contributed by atoms with Crippen molar-refractivity contribution < 1.29 is 14.6 Å². The monoisotopic (exact) mass is 462 g/mol. The molecule has 2 aliphatic rings. The highest BCUT2D eigenvalue weighted by atomic mass is 16.5. The molecule has 5 heteroatoms. The van der Waals surface area contributed by atoms with Gasteiger partial charge in [0.05, 0.1) is 18.8 Å². The van der Waals surface area contributed by atoms with Crippen LogP contribution in [-0.2, 0) is 4.79 Å². The molecule has 0 bridgehead atoms. The van der Waals surface area contributed by atoms with Crippen LogP contribution in [0, 0.1) is 5.92 Å². The molecule has 2 fully saturated rings. The Morgan fingerprint density at radius 3 is 2.44 bits per heavy atom. The number of carbonyl (C=O) groups excluding carboxylic acids is 1. The molecule has 182 valence electrons. The van der Waals surface area contributed by atoms with Crippen molar-refractivity contribution in [1.82, 2.24) is 4.90 Å². The average Bonchev–Trinajstić information content (AvgIpc) is 2.88. The van der Waals surface area contributed by atoms with Gasteiger partial charge in [-0.25, -0.2) is 0 Å². The van der Waals surface area contributed by atoms with Crippen LogP contribution in [0.1, 0.15) is 63.1 Å². The summed E-state index contributed by atoms with van der Waals surface area (Å²) in [5.74, 6) is 0.859. The lowest BCUT2D eigenvalue weighted by Gasteiger charge is -2.52. The topological polar surface area (TPSA) is 53.0 Å². The molecule has 4 rings (SSSR count). The first kappa shape index (κ1) is 24.3. The molecular formula is C29H38N2O3. The second-order valence-electron chi connectivity index (χ2n) is 9.55. The molecule has 1 aliphatic heterocycles. The van der Waals surface area contributed by atoms with Crippen LogP contribution >= 0.6 is 0 Å². The molecule has 1 N–H and O–H groups in total. The molecule has 1 aliphatic carbocycles. The average molecular weight is 463 g/mol. The number of aliphatic hydroxyl groups is 1. The smallest absolute Gasteiger partial charge is 0.247 e. The summed E-state index contributed by atoms with van der Waals surface area (Å²) in [7, 11) is 1.64. The molecule has 2 aromatic carbocycles. The summed E-state index contributed by atoms with van der Waals surface area (Å²) in [5.41, 5.74) is 2.59. The van der Waals surface area contributed by atoms with E-state index >= 15 is 0 Å². The summed E-state index contributed by atoms with van der Waals surface area (Å²) in [4.78, 5) is 17.8. The third kappa shape index (κ3) is 5.00. The Hall–Kier alpha value is -2.79.